The third-order valence-electron chi connectivity index (χ3n) is 9.48. The Bertz CT molecular complexity index is 1420. The van der Waals surface area contributed by atoms with Crippen LogP contribution in [0.15, 0.2) is 48.5 Å². The van der Waals surface area contributed by atoms with Gasteiger partial charge in [-0.1, -0.05) is 12.5 Å². The number of rotatable bonds is 3. The Morgan fingerprint density at radius 3 is 2.71 bits per heavy atom. The molecule has 0 aliphatic carbocycles. The van der Waals surface area contributed by atoms with Gasteiger partial charge < -0.3 is 28.6 Å². The van der Waals surface area contributed by atoms with Gasteiger partial charge in [0.05, 0.1) is 25.9 Å². The predicted molar refractivity (Wildman–Crippen MR) is 162 cm³/mol. The van der Waals surface area contributed by atoms with Gasteiger partial charge in [-0.3, -0.25) is 9.59 Å². The number of carbonyl (C=O) groups excluding carboxylic acids is 2. The van der Waals surface area contributed by atoms with E-state index in [0.717, 1.165) is 73.9 Å². The molecule has 8 nitrogen and oxygen atoms in total. The maximum absolute atomic E-state index is 13.7. The summed E-state index contributed by atoms with van der Waals surface area (Å²) in [5.74, 6) is 1.69. The molecule has 0 saturated carbocycles. The fraction of sp³-hybridized carbons (Fsp3) is 0.529. The van der Waals surface area contributed by atoms with Crippen molar-refractivity contribution in [3.05, 3.63) is 59.8 Å². The van der Waals surface area contributed by atoms with E-state index in [4.69, 9.17) is 14.2 Å². The molecule has 3 aromatic rings. The van der Waals surface area contributed by atoms with Crippen LogP contribution in [0, 0.1) is 5.41 Å². The number of fused-ring (bicyclic) bond motifs is 4. The molecule has 2 aromatic carbocycles. The van der Waals surface area contributed by atoms with E-state index in [1.807, 2.05) is 76.9 Å². The Labute approximate surface area is 248 Å². The van der Waals surface area contributed by atoms with Gasteiger partial charge in [-0.05, 0) is 87.9 Å². The summed E-state index contributed by atoms with van der Waals surface area (Å²) >= 11 is 0. The number of piperidine rings is 1. The van der Waals surface area contributed by atoms with Gasteiger partial charge in [0.15, 0.2) is 0 Å². The van der Waals surface area contributed by atoms with Gasteiger partial charge in [-0.15, -0.1) is 0 Å². The first-order chi connectivity index (χ1) is 20.5. The van der Waals surface area contributed by atoms with E-state index < -0.39 is 0 Å². The van der Waals surface area contributed by atoms with Crippen molar-refractivity contribution in [3.63, 3.8) is 0 Å². The fourth-order valence-corrected chi connectivity index (χ4v) is 6.92. The van der Waals surface area contributed by atoms with Crippen LogP contribution < -0.4 is 9.47 Å². The molecular weight excluding hydrogens is 530 g/mol. The number of ether oxygens (including phenoxy) is 3. The molecule has 2 saturated heterocycles. The van der Waals surface area contributed by atoms with E-state index in [2.05, 4.69) is 0 Å². The fourth-order valence-electron chi connectivity index (χ4n) is 6.92. The molecule has 4 heterocycles. The van der Waals surface area contributed by atoms with Crippen LogP contribution in [-0.2, 0) is 11.8 Å². The lowest BCUT2D eigenvalue weighted by Gasteiger charge is -2.42. The first kappa shape index (κ1) is 28.6. The molecule has 42 heavy (non-hydrogen) atoms. The van der Waals surface area contributed by atoms with Crippen LogP contribution in [0.1, 0.15) is 72.7 Å². The smallest absolute Gasteiger partial charge is 0.270 e. The number of amides is 2. The molecule has 2 amide bonds. The summed E-state index contributed by atoms with van der Waals surface area (Å²) in [6, 6.07) is 15.7. The normalized spacial score (nSPS) is 21.5. The molecule has 0 unspecified atom stereocenters. The highest BCUT2D eigenvalue weighted by Crippen LogP contribution is 2.38. The minimum atomic E-state index is -0.0255. The van der Waals surface area contributed by atoms with Crippen molar-refractivity contribution in [1.82, 2.24) is 14.4 Å². The van der Waals surface area contributed by atoms with Crippen molar-refractivity contribution in [2.45, 2.75) is 57.9 Å². The molecule has 3 aliphatic heterocycles. The quantitative estimate of drug-likeness (QED) is 0.403. The van der Waals surface area contributed by atoms with E-state index in [1.54, 1.807) is 0 Å². The summed E-state index contributed by atoms with van der Waals surface area (Å²) in [5.41, 5.74) is 2.37. The molecule has 224 valence electrons. The van der Waals surface area contributed by atoms with E-state index in [1.165, 1.54) is 0 Å². The lowest BCUT2D eigenvalue weighted by atomic mass is 9.75. The zero-order chi connectivity index (χ0) is 29.1. The van der Waals surface area contributed by atoms with Crippen LogP contribution in [0.3, 0.4) is 0 Å². The predicted octanol–water partition coefficient (Wildman–Crippen LogP) is 5.68. The number of benzene rings is 2. The lowest BCUT2D eigenvalue weighted by Crippen LogP contribution is -2.46. The lowest BCUT2D eigenvalue weighted by molar-refractivity contribution is 0.0327. The van der Waals surface area contributed by atoms with Gasteiger partial charge in [0, 0.05) is 55.2 Å². The molecule has 2 fully saturated rings. The monoisotopic (exact) mass is 573 g/mol. The second kappa shape index (κ2) is 12.4. The molecule has 6 rings (SSSR count). The molecule has 0 N–H and O–H groups in total. The van der Waals surface area contributed by atoms with Crippen LogP contribution in [0.4, 0.5) is 0 Å². The third kappa shape index (κ3) is 5.87. The van der Waals surface area contributed by atoms with Crippen LogP contribution in [-0.4, -0.2) is 78.3 Å². The summed E-state index contributed by atoms with van der Waals surface area (Å²) in [5, 5.41) is 1.01. The second-order valence-corrected chi connectivity index (χ2v) is 12.2. The van der Waals surface area contributed by atoms with Gasteiger partial charge >= 0.3 is 0 Å². The van der Waals surface area contributed by atoms with Gasteiger partial charge in [0.1, 0.15) is 17.2 Å². The first-order valence-corrected chi connectivity index (χ1v) is 15.6. The summed E-state index contributed by atoms with van der Waals surface area (Å²) < 4.78 is 20.2. The molecule has 1 atom stereocenters. The highest BCUT2D eigenvalue weighted by Gasteiger charge is 2.37. The number of nitrogens with zero attached hydrogens (tertiary/aromatic N) is 3. The Hall–Kier alpha value is -3.52. The van der Waals surface area contributed by atoms with Crippen LogP contribution in [0.5, 0.6) is 11.5 Å². The van der Waals surface area contributed by atoms with Crippen molar-refractivity contribution in [3.8, 4) is 11.5 Å². The molecular formula is C34H43N3O5. The van der Waals surface area contributed by atoms with E-state index >= 15 is 0 Å². The number of hydrogen-bond acceptors (Lipinski definition) is 5. The average molecular weight is 574 g/mol. The Morgan fingerprint density at radius 2 is 1.88 bits per heavy atom. The largest absolute Gasteiger partial charge is 0.494 e. The van der Waals surface area contributed by atoms with Crippen LogP contribution in [0.2, 0.25) is 0 Å². The number of aromatic nitrogens is 1. The SMILES string of the molecule is CCOc1ccc2c(c1)cc(C(=O)N1CCC3(CCCCOC[C@@H]4CCCN4C(=O)c4cccc(c4)OC3)CC1)n2C. The van der Waals surface area contributed by atoms with Crippen molar-refractivity contribution in [2.24, 2.45) is 12.5 Å². The van der Waals surface area contributed by atoms with Crippen LogP contribution in [0.25, 0.3) is 10.9 Å². The molecule has 1 spiro atoms. The summed E-state index contributed by atoms with van der Waals surface area (Å²) in [4.78, 5) is 31.0. The van der Waals surface area contributed by atoms with Crippen molar-refractivity contribution in [1.29, 1.82) is 0 Å². The maximum atomic E-state index is 13.7. The molecule has 1 aromatic heterocycles. The minimum absolute atomic E-state index is 0.0255. The highest BCUT2D eigenvalue weighted by molar-refractivity contribution is 5.99. The summed E-state index contributed by atoms with van der Waals surface area (Å²) in [6.07, 6.45) is 6.84. The van der Waals surface area contributed by atoms with Gasteiger partial charge in [0.2, 0.25) is 0 Å². The van der Waals surface area contributed by atoms with Crippen molar-refractivity contribution >= 4 is 22.7 Å². The van der Waals surface area contributed by atoms with Crippen LogP contribution >= 0.6 is 0 Å². The van der Waals surface area contributed by atoms with Gasteiger partial charge in [-0.25, -0.2) is 0 Å². The third-order valence-corrected chi connectivity index (χ3v) is 9.48. The number of carbonyl (C=O) groups is 2. The van der Waals surface area contributed by atoms with Crippen molar-refractivity contribution < 1.29 is 23.8 Å². The molecule has 3 aliphatic rings. The van der Waals surface area contributed by atoms with E-state index in [0.29, 0.717) is 50.8 Å². The minimum Gasteiger partial charge on any atom is -0.494 e. The Kier molecular flexibility index (Phi) is 8.43. The average Bonchev–Trinajstić information content (AvgIpc) is 3.61. The summed E-state index contributed by atoms with van der Waals surface area (Å²) in [7, 11) is 1.96. The molecule has 2 bridgehead atoms. The zero-order valence-electron chi connectivity index (χ0n) is 25.0. The van der Waals surface area contributed by atoms with E-state index in [-0.39, 0.29) is 23.3 Å². The van der Waals surface area contributed by atoms with Gasteiger partial charge in [0.25, 0.3) is 11.8 Å². The number of hydrogen-bond donors (Lipinski definition) is 0. The summed E-state index contributed by atoms with van der Waals surface area (Å²) in [6.45, 7) is 6.64. The standard InChI is InChI=1S/C34H43N3O5/c1-3-41-29-11-12-30-26(21-29)22-31(35(30)2)33(39)36-17-14-34(15-18-36)13-4-5-19-40-23-27-9-7-16-37(27)32(38)25-8-6-10-28(20-25)42-24-34/h6,8,10-12,20-22,27H,3-5,7,9,13-19,23-24H2,1-2H3/t27-/m0/s1. The molecule has 0 radical (unpaired) electrons. The number of aryl methyl sites for hydroxylation is 1. The highest BCUT2D eigenvalue weighted by atomic mass is 16.5. The molecule has 8 heteroatoms. The first-order valence-electron chi connectivity index (χ1n) is 15.6. The number of likely N-dealkylation sites (tertiary alicyclic amines) is 1. The van der Waals surface area contributed by atoms with E-state index in [9.17, 15) is 9.59 Å². The maximum Gasteiger partial charge on any atom is 0.270 e. The Balaban J connectivity index is 1.16. The Morgan fingerprint density at radius 1 is 1.02 bits per heavy atom. The van der Waals surface area contributed by atoms with Gasteiger partial charge in [-0.2, -0.15) is 0 Å². The zero-order valence-corrected chi connectivity index (χ0v) is 25.0. The van der Waals surface area contributed by atoms with Crippen molar-refractivity contribution in [2.75, 3.05) is 46.1 Å². The second-order valence-electron chi connectivity index (χ2n) is 12.2. The topological polar surface area (TPSA) is 73.2 Å².